The molecule has 2 aromatic heterocycles. The lowest BCUT2D eigenvalue weighted by atomic mass is 10.0. The number of thiazole rings is 1. The van der Waals surface area contributed by atoms with Crippen molar-refractivity contribution in [3.63, 3.8) is 0 Å². The molecule has 1 aromatic carbocycles. The molecule has 0 radical (unpaired) electrons. The third kappa shape index (κ3) is 5.56. The van der Waals surface area contributed by atoms with Crippen LogP contribution in [0.2, 0.25) is 5.02 Å². The molecule has 1 atom stereocenters. The van der Waals surface area contributed by atoms with Crippen LogP contribution < -0.4 is 11.1 Å². The predicted molar refractivity (Wildman–Crippen MR) is 110 cm³/mol. The van der Waals surface area contributed by atoms with Crippen LogP contribution in [0, 0.1) is 0 Å². The van der Waals surface area contributed by atoms with Gasteiger partial charge in [-0.25, -0.2) is 15.0 Å². The topological polar surface area (TPSA) is 111 Å². The molecular formula is C19H15ClF3N5O2S. The lowest BCUT2D eigenvalue weighted by Gasteiger charge is -2.11. The molecule has 0 saturated heterocycles. The minimum absolute atomic E-state index is 0.0544. The van der Waals surface area contributed by atoms with Crippen LogP contribution >= 0.6 is 22.9 Å². The number of carbonyl (C=O) groups excluding carboxylic acids is 2. The zero-order chi connectivity index (χ0) is 22.8. The highest BCUT2D eigenvalue weighted by molar-refractivity contribution is 7.13. The third-order valence-corrected chi connectivity index (χ3v) is 5.72. The number of rotatable bonds is 6. The number of nitrogens with two attached hydrogens (primary N) is 1. The first-order valence-corrected chi connectivity index (χ1v) is 9.98. The summed E-state index contributed by atoms with van der Waals surface area (Å²) >= 11 is 6.62. The quantitative estimate of drug-likeness (QED) is 0.501. The van der Waals surface area contributed by atoms with Gasteiger partial charge >= 0.3 is 6.18 Å². The van der Waals surface area contributed by atoms with Gasteiger partial charge in [-0.15, -0.1) is 11.3 Å². The second-order valence-corrected chi connectivity index (χ2v) is 8.04. The Morgan fingerprint density at radius 3 is 2.65 bits per heavy atom. The number of aromatic nitrogens is 3. The summed E-state index contributed by atoms with van der Waals surface area (Å²) in [5, 5.41) is 2.46. The van der Waals surface area contributed by atoms with E-state index in [1.54, 1.807) is 6.92 Å². The number of nitrogen functional groups attached to an aromatic ring is 1. The van der Waals surface area contributed by atoms with E-state index >= 15 is 0 Å². The summed E-state index contributed by atoms with van der Waals surface area (Å²) in [5.74, 6) is -1.03. The van der Waals surface area contributed by atoms with E-state index in [4.69, 9.17) is 17.3 Å². The Bertz CT molecular complexity index is 1140. The minimum atomic E-state index is -4.65. The first-order chi connectivity index (χ1) is 14.5. The fraction of sp³-hybridized carbons (Fsp3) is 0.211. The number of Topliss-reactive ketones (excluding diaryl/α,β-unsaturated/α-hetero) is 1. The van der Waals surface area contributed by atoms with Gasteiger partial charge in [0.2, 0.25) is 0 Å². The van der Waals surface area contributed by atoms with Crippen molar-refractivity contribution in [1.82, 2.24) is 15.0 Å². The van der Waals surface area contributed by atoms with Crippen LogP contribution in [-0.2, 0) is 6.18 Å². The van der Waals surface area contributed by atoms with Crippen molar-refractivity contribution in [2.45, 2.75) is 25.4 Å². The van der Waals surface area contributed by atoms with Crippen molar-refractivity contribution in [1.29, 1.82) is 0 Å². The van der Waals surface area contributed by atoms with Crippen molar-refractivity contribution in [2.24, 2.45) is 0 Å². The molecular weight excluding hydrogens is 455 g/mol. The summed E-state index contributed by atoms with van der Waals surface area (Å²) in [6.07, 6.45) is -2.07. The van der Waals surface area contributed by atoms with Gasteiger partial charge in [-0.05, 0) is 18.2 Å². The summed E-state index contributed by atoms with van der Waals surface area (Å²) in [6.45, 7) is 1.76. The molecule has 0 unspecified atom stereocenters. The van der Waals surface area contributed by atoms with E-state index in [9.17, 15) is 22.8 Å². The van der Waals surface area contributed by atoms with Crippen LogP contribution in [0.4, 0.5) is 24.7 Å². The smallest absolute Gasteiger partial charge is 0.384 e. The standard InChI is InChI=1S/C19H15ClF3N5O2S/c1-9(4-14(29)13-6-16(24)27-8-26-13)18-25-7-15(31-18)17(30)28-10-2-3-12(20)11(5-10)19(21,22)23/h2-3,5-9H,4H2,1H3,(H,28,30)(H2,24,26,27)/t9-/m1/s1. The lowest BCUT2D eigenvalue weighted by molar-refractivity contribution is -0.137. The van der Waals surface area contributed by atoms with Crippen molar-refractivity contribution < 1.29 is 22.8 Å². The van der Waals surface area contributed by atoms with Gasteiger partial charge in [0.25, 0.3) is 5.91 Å². The van der Waals surface area contributed by atoms with Crippen molar-refractivity contribution in [3.8, 4) is 0 Å². The number of benzene rings is 1. The van der Waals surface area contributed by atoms with E-state index in [0.29, 0.717) is 5.01 Å². The second-order valence-electron chi connectivity index (χ2n) is 6.57. The Balaban J connectivity index is 1.69. The van der Waals surface area contributed by atoms with Crippen LogP contribution in [0.1, 0.15) is 50.0 Å². The predicted octanol–water partition coefficient (Wildman–Crippen LogP) is 4.82. The van der Waals surface area contributed by atoms with E-state index in [2.05, 4.69) is 20.3 Å². The number of carbonyl (C=O) groups is 2. The SMILES string of the molecule is C[C@H](CC(=O)c1cc(N)ncn1)c1ncc(C(=O)Nc2ccc(Cl)c(C(F)(F)F)c2)s1. The zero-order valence-corrected chi connectivity index (χ0v) is 17.5. The van der Waals surface area contributed by atoms with Gasteiger partial charge in [-0.3, -0.25) is 9.59 Å². The fourth-order valence-corrected chi connectivity index (χ4v) is 3.72. The van der Waals surface area contributed by atoms with Crippen LogP contribution in [0.25, 0.3) is 0 Å². The molecule has 0 saturated carbocycles. The maximum absolute atomic E-state index is 13.0. The Morgan fingerprint density at radius 1 is 1.23 bits per heavy atom. The molecule has 3 aromatic rings. The largest absolute Gasteiger partial charge is 0.417 e. The summed E-state index contributed by atoms with van der Waals surface area (Å²) in [5.41, 5.74) is 4.63. The van der Waals surface area contributed by atoms with Crippen LogP contribution in [-0.4, -0.2) is 26.6 Å². The molecule has 2 heterocycles. The number of amides is 1. The van der Waals surface area contributed by atoms with Gasteiger partial charge in [-0.1, -0.05) is 18.5 Å². The Morgan fingerprint density at radius 2 is 1.97 bits per heavy atom. The van der Waals surface area contributed by atoms with Gasteiger partial charge < -0.3 is 11.1 Å². The molecule has 0 aliphatic heterocycles. The van der Waals surface area contributed by atoms with E-state index in [1.807, 2.05) is 0 Å². The average molecular weight is 470 g/mol. The third-order valence-electron chi connectivity index (χ3n) is 4.16. The number of nitrogens with zero attached hydrogens (tertiary/aromatic N) is 3. The maximum atomic E-state index is 13.0. The summed E-state index contributed by atoms with van der Waals surface area (Å²) in [6, 6.07) is 4.46. The number of halogens is 4. The minimum Gasteiger partial charge on any atom is -0.384 e. The average Bonchev–Trinajstić information content (AvgIpc) is 3.19. The van der Waals surface area contributed by atoms with E-state index in [1.165, 1.54) is 24.7 Å². The summed E-state index contributed by atoms with van der Waals surface area (Å²) in [7, 11) is 0. The number of nitrogens with one attached hydrogen (secondary N) is 1. The van der Waals surface area contributed by atoms with E-state index in [-0.39, 0.29) is 40.2 Å². The van der Waals surface area contributed by atoms with Crippen LogP contribution in [0.15, 0.2) is 36.8 Å². The number of hydrogen-bond acceptors (Lipinski definition) is 7. The molecule has 0 spiro atoms. The van der Waals surface area contributed by atoms with Gasteiger partial charge in [0, 0.05) is 24.1 Å². The molecule has 3 N–H and O–H groups in total. The van der Waals surface area contributed by atoms with Gasteiger partial charge in [0.15, 0.2) is 5.78 Å². The molecule has 31 heavy (non-hydrogen) atoms. The van der Waals surface area contributed by atoms with Crippen molar-refractivity contribution >= 4 is 46.1 Å². The first kappa shape index (κ1) is 22.6. The highest BCUT2D eigenvalue weighted by Gasteiger charge is 2.33. The second kappa shape index (κ2) is 8.98. The molecule has 0 aliphatic rings. The van der Waals surface area contributed by atoms with Gasteiger partial charge in [0.05, 0.1) is 21.8 Å². The van der Waals surface area contributed by atoms with Crippen LogP contribution in [0.3, 0.4) is 0 Å². The molecule has 1 amide bonds. The molecule has 0 aliphatic carbocycles. The monoisotopic (exact) mass is 469 g/mol. The molecule has 3 rings (SSSR count). The van der Waals surface area contributed by atoms with Gasteiger partial charge in [0.1, 0.15) is 22.7 Å². The summed E-state index contributed by atoms with van der Waals surface area (Å²) < 4.78 is 38.9. The van der Waals surface area contributed by atoms with Crippen molar-refractivity contribution in [2.75, 3.05) is 11.1 Å². The highest BCUT2D eigenvalue weighted by Crippen LogP contribution is 2.36. The molecule has 162 valence electrons. The van der Waals surface area contributed by atoms with E-state index < -0.39 is 22.7 Å². The fourth-order valence-electron chi connectivity index (χ4n) is 2.63. The molecule has 7 nitrogen and oxygen atoms in total. The lowest BCUT2D eigenvalue weighted by Crippen LogP contribution is -2.12. The number of alkyl halides is 3. The van der Waals surface area contributed by atoms with Crippen molar-refractivity contribution in [3.05, 3.63) is 63.0 Å². The Labute approximate surface area is 183 Å². The summed E-state index contributed by atoms with van der Waals surface area (Å²) in [4.78, 5) is 36.7. The highest BCUT2D eigenvalue weighted by atomic mass is 35.5. The maximum Gasteiger partial charge on any atom is 0.417 e. The Kier molecular flexibility index (Phi) is 6.56. The molecule has 0 fully saturated rings. The Hall–Kier alpha value is -3.05. The number of anilines is 2. The number of ketones is 1. The first-order valence-electron chi connectivity index (χ1n) is 8.79. The molecule has 0 bridgehead atoms. The zero-order valence-electron chi connectivity index (χ0n) is 15.9. The van der Waals surface area contributed by atoms with Crippen LogP contribution in [0.5, 0.6) is 0 Å². The number of hydrogen-bond donors (Lipinski definition) is 2. The van der Waals surface area contributed by atoms with Gasteiger partial charge in [-0.2, -0.15) is 13.2 Å². The van der Waals surface area contributed by atoms with E-state index in [0.717, 1.165) is 23.5 Å². The normalized spacial score (nSPS) is 12.4. The molecule has 12 heteroatoms.